The maximum absolute atomic E-state index is 11.8. The Kier molecular flexibility index (Phi) is 7.08. The van der Waals surface area contributed by atoms with Crippen molar-refractivity contribution in [2.45, 2.75) is 13.0 Å². The summed E-state index contributed by atoms with van der Waals surface area (Å²) in [5.41, 5.74) is 0.112. The van der Waals surface area contributed by atoms with Gasteiger partial charge in [-0.1, -0.05) is 0 Å². The van der Waals surface area contributed by atoms with Crippen molar-refractivity contribution in [3.05, 3.63) is 28.1 Å². The molecule has 112 valence electrons. The fraction of sp³-hybridized carbons (Fsp3) is 0.400. The molecule has 0 aliphatic rings. The number of hydrazone groups is 1. The minimum Gasteiger partial charge on any atom is -0.370 e. The van der Waals surface area contributed by atoms with Crippen LogP contribution in [0.1, 0.15) is 17.4 Å². The van der Waals surface area contributed by atoms with E-state index in [9.17, 15) is 14.9 Å². The Morgan fingerprint density at radius 1 is 1.70 bits per heavy atom. The lowest BCUT2D eigenvalue weighted by atomic mass is 10.3. The van der Waals surface area contributed by atoms with E-state index in [0.29, 0.717) is 6.54 Å². The van der Waals surface area contributed by atoms with Gasteiger partial charge in [0.2, 0.25) is 0 Å². The van der Waals surface area contributed by atoms with E-state index in [-0.39, 0.29) is 35.7 Å². The average Bonchev–Trinajstić information content (AvgIpc) is 2.75. The van der Waals surface area contributed by atoms with Gasteiger partial charge in [-0.2, -0.15) is 5.10 Å². The lowest BCUT2D eigenvalue weighted by Crippen LogP contribution is -2.39. The van der Waals surface area contributed by atoms with E-state index in [1.165, 1.54) is 23.2 Å². The highest BCUT2D eigenvalue weighted by molar-refractivity contribution is 5.93. The number of rotatable bonds is 6. The van der Waals surface area contributed by atoms with E-state index in [1.807, 2.05) is 6.92 Å². The van der Waals surface area contributed by atoms with Gasteiger partial charge in [0.15, 0.2) is 0 Å². The van der Waals surface area contributed by atoms with E-state index >= 15 is 0 Å². The number of amides is 1. The van der Waals surface area contributed by atoms with Crippen LogP contribution in [0.4, 0.5) is 5.69 Å². The normalized spacial score (nSPS) is 11.7. The lowest BCUT2D eigenvalue weighted by Gasteiger charge is -2.12. The van der Waals surface area contributed by atoms with Crippen molar-refractivity contribution < 1.29 is 9.72 Å². The van der Waals surface area contributed by atoms with Crippen LogP contribution in [-0.4, -0.2) is 34.3 Å². The summed E-state index contributed by atoms with van der Waals surface area (Å²) < 4.78 is 1.41. The summed E-state index contributed by atoms with van der Waals surface area (Å²) in [6.07, 6.45) is 2.61. The van der Waals surface area contributed by atoms with Crippen LogP contribution < -0.4 is 16.5 Å². The Hall–Kier alpha value is -2.29. The quantitative estimate of drug-likeness (QED) is 0.223. The molecule has 0 aromatic carbocycles. The number of nitrogens with one attached hydrogen (secondary N) is 2. The van der Waals surface area contributed by atoms with Crippen LogP contribution >= 0.6 is 12.4 Å². The summed E-state index contributed by atoms with van der Waals surface area (Å²) in [6.45, 7) is 2.17. The molecule has 20 heavy (non-hydrogen) atoms. The minimum atomic E-state index is -0.543. The molecule has 0 aliphatic carbocycles. The first-order valence-corrected chi connectivity index (χ1v) is 5.52. The number of halogens is 1. The average molecular weight is 305 g/mol. The highest BCUT2D eigenvalue weighted by atomic mass is 35.5. The third-order valence-corrected chi connectivity index (χ3v) is 2.44. The van der Waals surface area contributed by atoms with E-state index in [2.05, 4.69) is 15.7 Å². The van der Waals surface area contributed by atoms with Gasteiger partial charge in [-0.25, -0.2) is 0 Å². The van der Waals surface area contributed by atoms with Crippen molar-refractivity contribution in [3.8, 4) is 0 Å². The molecule has 0 spiro atoms. The zero-order valence-electron chi connectivity index (χ0n) is 11.1. The molecule has 1 heterocycles. The van der Waals surface area contributed by atoms with Gasteiger partial charge in [0, 0.05) is 25.7 Å². The molecule has 0 bridgehead atoms. The van der Waals surface area contributed by atoms with Gasteiger partial charge in [0.1, 0.15) is 12.0 Å². The molecule has 1 aromatic heterocycles. The van der Waals surface area contributed by atoms with E-state index < -0.39 is 4.92 Å². The highest BCUT2D eigenvalue weighted by Crippen LogP contribution is 2.14. The molecule has 1 unspecified atom stereocenters. The van der Waals surface area contributed by atoms with E-state index in [1.54, 1.807) is 7.05 Å². The number of nitrogens with zero attached hydrogens (tertiary/aromatic N) is 3. The molecule has 0 fully saturated rings. The van der Waals surface area contributed by atoms with Crippen molar-refractivity contribution >= 4 is 30.3 Å². The summed E-state index contributed by atoms with van der Waals surface area (Å²) >= 11 is 0. The Labute approximate surface area is 121 Å². The van der Waals surface area contributed by atoms with Crippen molar-refractivity contribution in [1.29, 1.82) is 0 Å². The number of nitro groups is 1. The third-order valence-electron chi connectivity index (χ3n) is 2.44. The van der Waals surface area contributed by atoms with Crippen LogP contribution in [-0.2, 0) is 7.05 Å². The summed E-state index contributed by atoms with van der Waals surface area (Å²) in [5.74, 6) is 4.55. The molecule has 1 aromatic rings. The second-order valence-corrected chi connectivity index (χ2v) is 4.01. The first-order valence-electron chi connectivity index (χ1n) is 5.52. The van der Waals surface area contributed by atoms with Crippen molar-refractivity contribution in [2.75, 3.05) is 6.54 Å². The summed E-state index contributed by atoms with van der Waals surface area (Å²) in [5, 5.41) is 19.4. The van der Waals surface area contributed by atoms with Crippen molar-refractivity contribution in [2.24, 2.45) is 18.0 Å². The zero-order valence-corrected chi connectivity index (χ0v) is 11.9. The molecule has 1 amide bonds. The van der Waals surface area contributed by atoms with Gasteiger partial charge in [0.05, 0.1) is 11.1 Å². The first-order chi connectivity index (χ1) is 8.95. The van der Waals surface area contributed by atoms with Gasteiger partial charge in [0.25, 0.3) is 11.6 Å². The van der Waals surface area contributed by atoms with Gasteiger partial charge in [-0.15, -0.1) is 12.4 Å². The van der Waals surface area contributed by atoms with Crippen LogP contribution in [0.3, 0.4) is 0 Å². The predicted molar refractivity (Wildman–Crippen MR) is 76.9 cm³/mol. The third kappa shape index (κ3) is 4.76. The maximum Gasteiger partial charge on any atom is 0.287 e. The summed E-state index contributed by atoms with van der Waals surface area (Å²) in [6, 6.07) is 1.17. The van der Waals surface area contributed by atoms with Gasteiger partial charge in [-0.3, -0.25) is 14.9 Å². The molecule has 1 atom stereocenters. The molecular weight excluding hydrogens is 288 g/mol. The summed E-state index contributed by atoms with van der Waals surface area (Å²) in [4.78, 5) is 21.9. The van der Waals surface area contributed by atoms with Gasteiger partial charge in [-0.05, 0) is 6.92 Å². The highest BCUT2D eigenvalue weighted by Gasteiger charge is 2.17. The first kappa shape index (κ1) is 17.7. The number of carbonyl (C=O) groups is 1. The molecule has 0 saturated carbocycles. The van der Waals surface area contributed by atoms with E-state index in [0.717, 1.165) is 0 Å². The smallest absolute Gasteiger partial charge is 0.287 e. The Morgan fingerprint density at radius 3 is 2.85 bits per heavy atom. The molecule has 0 aliphatic heterocycles. The van der Waals surface area contributed by atoms with E-state index in [4.69, 9.17) is 5.84 Å². The minimum absolute atomic E-state index is 0. The number of nitrogens with two attached hydrogens (primary N) is 1. The predicted octanol–water partition coefficient (Wildman–Crippen LogP) is -0.0350. The maximum atomic E-state index is 11.8. The SMILES string of the molecule is CC(CNC(=O)c1cc([N+](=O)[O-])cn1C)NC=NN.Cl. The molecule has 4 N–H and O–H groups in total. The van der Waals surface area contributed by atoms with Gasteiger partial charge < -0.3 is 21.0 Å². The number of aromatic nitrogens is 1. The Bertz CT molecular complexity index is 501. The number of carbonyl (C=O) groups excluding carboxylic acids is 1. The molecule has 0 saturated heterocycles. The van der Waals surface area contributed by atoms with Crippen LogP contribution in [0.5, 0.6) is 0 Å². The lowest BCUT2D eigenvalue weighted by molar-refractivity contribution is -0.384. The molecule has 9 nitrogen and oxygen atoms in total. The Balaban J connectivity index is 0.00000361. The number of aryl methyl sites for hydroxylation is 1. The monoisotopic (exact) mass is 304 g/mol. The van der Waals surface area contributed by atoms with Crippen molar-refractivity contribution in [1.82, 2.24) is 15.2 Å². The topological polar surface area (TPSA) is 128 Å². The standard InChI is InChI=1S/C10H16N6O3.ClH/c1-7(13-6-14-11)4-12-10(17)9-3-8(16(18)19)5-15(9)2;/h3,5-7H,4,11H2,1-2H3,(H,12,17)(H,13,14);1H. The van der Waals surface area contributed by atoms with Crippen LogP contribution in [0.25, 0.3) is 0 Å². The molecule has 10 heteroatoms. The second-order valence-electron chi connectivity index (χ2n) is 4.01. The molecule has 1 rings (SSSR count). The zero-order chi connectivity index (χ0) is 14.4. The second kappa shape index (κ2) is 8.00. The van der Waals surface area contributed by atoms with Gasteiger partial charge >= 0.3 is 0 Å². The fourth-order valence-electron chi connectivity index (χ4n) is 1.44. The van der Waals surface area contributed by atoms with Crippen LogP contribution in [0.2, 0.25) is 0 Å². The number of hydrogen-bond acceptors (Lipinski definition) is 5. The van der Waals surface area contributed by atoms with Crippen LogP contribution in [0, 0.1) is 10.1 Å². The Morgan fingerprint density at radius 2 is 2.35 bits per heavy atom. The number of hydrogen-bond donors (Lipinski definition) is 3. The largest absolute Gasteiger partial charge is 0.370 e. The summed E-state index contributed by atoms with van der Waals surface area (Å²) in [7, 11) is 1.57. The molecule has 0 radical (unpaired) electrons. The fourth-order valence-corrected chi connectivity index (χ4v) is 1.44. The van der Waals surface area contributed by atoms with Crippen molar-refractivity contribution in [3.63, 3.8) is 0 Å². The molecular formula is C10H17ClN6O3. The van der Waals surface area contributed by atoms with Crippen LogP contribution in [0.15, 0.2) is 17.4 Å².